The Morgan fingerprint density at radius 3 is 2.62 bits per heavy atom. The predicted molar refractivity (Wildman–Crippen MR) is 63.6 cm³/mol. The first kappa shape index (κ1) is 10.0. The maximum Gasteiger partial charge on any atom is 0.123 e. The van der Waals surface area contributed by atoms with Crippen LogP contribution in [0.1, 0.15) is 24.8 Å². The number of nitrogens with zero attached hydrogens (tertiary/aromatic N) is 1. The van der Waals surface area contributed by atoms with Crippen molar-refractivity contribution in [3.63, 3.8) is 0 Å². The van der Waals surface area contributed by atoms with Crippen molar-refractivity contribution in [2.24, 2.45) is 0 Å². The van der Waals surface area contributed by atoms with Gasteiger partial charge in [0.05, 0.1) is 0 Å². The topological polar surface area (TPSA) is 3.24 Å². The smallest absolute Gasteiger partial charge is 0.123 e. The van der Waals surface area contributed by atoms with Crippen molar-refractivity contribution in [3.05, 3.63) is 41.7 Å². The van der Waals surface area contributed by atoms with Gasteiger partial charge in [0.25, 0.3) is 0 Å². The maximum absolute atomic E-state index is 12.9. The van der Waals surface area contributed by atoms with Gasteiger partial charge in [-0.15, -0.1) is 0 Å². The number of hydrogen-bond donors (Lipinski definition) is 0. The molecule has 3 rings (SSSR count). The number of benzene rings is 1. The van der Waals surface area contributed by atoms with E-state index in [4.69, 9.17) is 0 Å². The van der Waals surface area contributed by atoms with Crippen LogP contribution >= 0.6 is 0 Å². The van der Waals surface area contributed by atoms with Crippen molar-refractivity contribution >= 4 is 5.57 Å². The molecule has 2 heteroatoms. The molecule has 0 aromatic heterocycles. The lowest BCUT2D eigenvalue weighted by Gasteiger charge is -2.30. The normalized spacial score (nSPS) is 29.2. The minimum atomic E-state index is -0.153. The van der Waals surface area contributed by atoms with Crippen LogP contribution in [0.25, 0.3) is 5.57 Å². The van der Waals surface area contributed by atoms with E-state index in [1.807, 2.05) is 12.1 Å². The fourth-order valence-corrected chi connectivity index (χ4v) is 2.92. The summed E-state index contributed by atoms with van der Waals surface area (Å²) in [4.78, 5) is 2.47. The summed E-state index contributed by atoms with van der Waals surface area (Å²) in [6, 6.07) is 8.18. The van der Waals surface area contributed by atoms with Crippen LogP contribution in [0.4, 0.5) is 4.39 Å². The molecule has 0 amide bonds. The van der Waals surface area contributed by atoms with Gasteiger partial charge in [0.15, 0.2) is 0 Å². The second kappa shape index (κ2) is 3.70. The summed E-state index contributed by atoms with van der Waals surface area (Å²) >= 11 is 0. The van der Waals surface area contributed by atoms with Gasteiger partial charge in [-0.1, -0.05) is 18.2 Å². The average molecular weight is 217 g/mol. The SMILES string of the molecule is CN1C2C=C(c3ccc(F)cc3)CC1CC2. The van der Waals surface area contributed by atoms with Gasteiger partial charge in [-0.05, 0) is 49.6 Å². The van der Waals surface area contributed by atoms with Gasteiger partial charge in [-0.2, -0.15) is 0 Å². The highest BCUT2D eigenvalue weighted by molar-refractivity contribution is 5.68. The molecule has 0 aliphatic carbocycles. The first-order valence-electron chi connectivity index (χ1n) is 5.92. The second-order valence-corrected chi connectivity index (χ2v) is 4.87. The molecule has 1 aromatic carbocycles. The molecule has 0 saturated carbocycles. The molecule has 1 aromatic rings. The Morgan fingerprint density at radius 2 is 1.94 bits per heavy atom. The summed E-state index contributed by atoms with van der Waals surface area (Å²) < 4.78 is 12.9. The van der Waals surface area contributed by atoms with Gasteiger partial charge >= 0.3 is 0 Å². The number of halogens is 1. The third-order valence-electron chi connectivity index (χ3n) is 3.96. The number of rotatable bonds is 1. The lowest BCUT2D eigenvalue weighted by molar-refractivity contribution is 0.264. The van der Waals surface area contributed by atoms with Gasteiger partial charge in [0.1, 0.15) is 5.82 Å². The van der Waals surface area contributed by atoms with Crippen LogP contribution in [0, 0.1) is 5.82 Å². The molecule has 2 heterocycles. The average Bonchev–Trinajstić information content (AvgIpc) is 2.54. The fourth-order valence-electron chi connectivity index (χ4n) is 2.92. The highest BCUT2D eigenvalue weighted by atomic mass is 19.1. The molecule has 2 aliphatic rings. The number of hydrogen-bond acceptors (Lipinski definition) is 1. The Morgan fingerprint density at radius 1 is 1.19 bits per heavy atom. The van der Waals surface area contributed by atoms with Crippen LogP contribution in [-0.4, -0.2) is 24.0 Å². The van der Waals surface area contributed by atoms with Crippen molar-refractivity contribution in [1.29, 1.82) is 0 Å². The third kappa shape index (κ3) is 1.57. The molecular formula is C14H16FN. The first-order valence-corrected chi connectivity index (χ1v) is 5.92. The molecule has 84 valence electrons. The van der Waals surface area contributed by atoms with Gasteiger partial charge < -0.3 is 0 Å². The van der Waals surface area contributed by atoms with Crippen LogP contribution in [-0.2, 0) is 0 Å². The predicted octanol–water partition coefficient (Wildman–Crippen LogP) is 3.08. The molecule has 2 aliphatic heterocycles. The van der Waals surface area contributed by atoms with E-state index in [1.54, 1.807) is 12.1 Å². The van der Waals surface area contributed by atoms with E-state index in [1.165, 1.54) is 24.0 Å². The van der Waals surface area contributed by atoms with E-state index in [0.29, 0.717) is 12.1 Å². The monoisotopic (exact) mass is 217 g/mol. The lowest BCUT2D eigenvalue weighted by atomic mass is 9.95. The molecule has 1 nitrogen and oxygen atoms in total. The molecule has 2 unspecified atom stereocenters. The molecule has 16 heavy (non-hydrogen) atoms. The largest absolute Gasteiger partial charge is 0.297 e. The van der Waals surface area contributed by atoms with E-state index < -0.39 is 0 Å². The van der Waals surface area contributed by atoms with E-state index >= 15 is 0 Å². The standard InChI is InChI=1S/C14H16FN/c1-16-13-6-7-14(16)9-11(8-13)10-2-4-12(15)5-3-10/h2-5,8,13-14H,6-7,9H2,1H3. The summed E-state index contributed by atoms with van der Waals surface area (Å²) in [5, 5.41) is 0. The summed E-state index contributed by atoms with van der Waals surface area (Å²) in [5.74, 6) is -0.153. The van der Waals surface area contributed by atoms with Crippen LogP contribution in [0.5, 0.6) is 0 Å². The van der Waals surface area contributed by atoms with E-state index in [9.17, 15) is 4.39 Å². The van der Waals surface area contributed by atoms with Crippen molar-refractivity contribution in [3.8, 4) is 0 Å². The molecule has 1 fully saturated rings. The Balaban J connectivity index is 1.92. The van der Waals surface area contributed by atoms with Crippen molar-refractivity contribution in [2.75, 3.05) is 7.05 Å². The molecule has 0 radical (unpaired) electrons. The van der Waals surface area contributed by atoms with Crippen LogP contribution in [0.15, 0.2) is 30.3 Å². The molecule has 0 N–H and O–H groups in total. The zero-order valence-corrected chi connectivity index (χ0v) is 9.49. The van der Waals surface area contributed by atoms with Gasteiger partial charge in [-0.25, -0.2) is 4.39 Å². The molecule has 1 saturated heterocycles. The van der Waals surface area contributed by atoms with Gasteiger partial charge in [-0.3, -0.25) is 4.90 Å². The number of likely N-dealkylation sites (N-methyl/N-ethyl adjacent to an activating group) is 1. The highest BCUT2D eigenvalue weighted by Crippen LogP contribution is 2.37. The Bertz CT molecular complexity index is 421. The van der Waals surface area contributed by atoms with Gasteiger partial charge in [0, 0.05) is 12.1 Å². The van der Waals surface area contributed by atoms with E-state index in [2.05, 4.69) is 18.0 Å². The summed E-state index contributed by atoms with van der Waals surface area (Å²) in [7, 11) is 2.21. The third-order valence-corrected chi connectivity index (χ3v) is 3.96. The van der Waals surface area contributed by atoms with Crippen LogP contribution < -0.4 is 0 Å². The molecule has 0 spiro atoms. The Labute approximate surface area is 95.6 Å². The Hall–Kier alpha value is -1.15. The summed E-state index contributed by atoms with van der Waals surface area (Å²) in [6.45, 7) is 0. The van der Waals surface area contributed by atoms with Gasteiger partial charge in [0.2, 0.25) is 0 Å². The van der Waals surface area contributed by atoms with E-state index in [0.717, 1.165) is 6.42 Å². The minimum Gasteiger partial charge on any atom is -0.297 e. The maximum atomic E-state index is 12.9. The zero-order chi connectivity index (χ0) is 11.1. The van der Waals surface area contributed by atoms with E-state index in [-0.39, 0.29) is 5.82 Å². The zero-order valence-electron chi connectivity index (χ0n) is 9.49. The summed E-state index contributed by atoms with van der Waals surface area (Å²) in [6.07, 6.45) is 6.03. The quantitative estimate of drug-likeness (QED) is 0.698. The van der Waals surface area contributed by atoms with Crippen molar-refractivity contribution in [1.82, 2.24) is 4.90 Å². The molecule has 2 bridgehead atoms. The van der Waals surface area contributed by atoms with Crippen LogP contribution in [0.3, 0.4) is 0 Å². The summed E-state index contributed by atoms with van der Waals surface area (Å²) in [5.41, 5.74) is 2.58. The Kier molecular flexibility index (Phi) is 2.32. The second-order valence-electron chi connectivity index (χ2n) is 4.87. The van der Waals surface area contributed by atoms with Crippen molar-refractivity contribution in [2.45, 2.75) is 31.3 Å². The molecular weight excluding hydrogens is 201 g/mol. The first-order chi connectivity index (χ1) is 7.74. The number of fused-ring (bicyclic) bond motifs is 2. The van der Waals surface area contributed by atoms with Crippen LogP contribution in [0.2, 0.25) is 0 Å². The fraction of sp³-hybridized carbons (Fsp3) is 0.429. The molecule has 2 atom stereocenters. The highest BCUT2D eigenvalue weighted by Gasteiger charge is 2.33. The van der Waals surface area contributed by atoms with Crippen molar-refractivity contribution < 1.29 is 4.39 Å². The lowest BCUT2D eigenvalue weighted by Crippen LogP contribution is -2.34. The minimum absolute atomic E-state index is 0.153.